The molecule has 0 amide bonds. The Hall–Kier alpha value is -1.38. The van der Waals surface area contributed by atoms with E-state index in [0.29, 0.717) is 11.4 Å². The van der Waals surface area contributed by atoms with Gasteiger partial charge in [-0.2, -0.15) is 5.10 Å². The molecule has 2 rings (SSSR count). The van der Waals surface area contributed by atoms with Gasteiger partial charge >= 0.3 is 0 Å². The van der Waals surface area contributed by atoms with Crippen LogP contribution in [0.4, 0.5) is 5.69 Å². The third kappa shape index (κ3) is 3.12. The van der Waals surface area contributed by atoms with Crippen LogP contribution in [0.15, 0.2) is 21.5 Å². The number of rotatable bonds is 4. The Bertz CT molecular complexity index is 761. The summed E-state index contributed by atoms with van der Waals surface area (Å²) in [6.45, 7) is 4.80. The molecule has 2 aromatic rings. The minimum absolute atomic E-state index is 0.00767. The minimum Gasteiger partial charge on any atom is -0.390 e. The fourth-order valence-electron chi connectivity index (χ4n) is 2.19. The van der Waals surface area contributed by atoms with Gasteiger partial charge in [0, 0.05) is 4.47 Å². The third-order valence-electron chi connectivity index (χ3n) is 3.11. The first-order valence-corrected chi connectivity index (χ1v) is 8.48. The summed E-state index contributed by atoms with van der Waals surface area (Å²) in [5, 5.41) is 15.6. The van der Waals surface area contributed by atoms with Crippen molar-refractivity contribution in [3.63, 3.8) is 0 Å². The molecule has 0 spiro atoms. The molecule has 8 heteroatoms. The fourth-order valence-corrected chi connectivity index (χ4v) is 4.44. The molecular weight excluding hydrogens is 358 g/mol. The van der Waals surface area contributed by atoms with E-state index >= 15 is 0 Å². The minimum atomic E-state index is -3.82. The number of aliphatic hydroxyl groups excluding tert-OH is 1. The summed E-state index contributed by atoms with van der Waals surface area (Å²) in [5.74, 6) is 0. The Balaban J connectivity index is 2.50. The Morgan fingerprint density at radius 3 is 2.38 bits per heavy atom. The Morgan fingerprint density at radius 1 is 1.29 bits per heavy atom. The van der Waals surface area contributed by atoms with Crippen LogP contribution in [0.3, 0.4) is 0 Å². The quantitative estimate of drug-likeness (QED) is 0.766. The number of H-pyrrole nitrogens is 1. The molecule has 0 aliphatic heterocycles. The monoisotopic (exact) mass is 373 g/mol. The molecule has 0 saturated carbocycles. The van der Waals surface area contributed by atoms with Crippen molar-refractivity contribution in [3.05, 3.63) is 39.1 Å². The van der Waals surface area contributed by atoms with Gasteiger partial charge in [-0.3, -0.25) is 9.82 Å². The van der Waals surface area contributed by atoms with Gasteiger partial charge in [-0.15, -0.1) is 0 Å². The van der Waals surface area contributed by atoms with Gasteiger partial charge < -0.3 is 5.11 Å². The number of nitrogens with zero attached hydrogens (tertiary/aromatic N) is 1. The predicted molar refractivity (Wildman–Crippen MR) is 83.7 cm³/mol. The lowest BCUT2D eigenvalue weighted by Crippen LogP contribution is -2.17. The van der Waals surface area contributed by atoms with E-state index in [-0.39, 0.29) is 10.6 Å². The van der Waals surface area contributed by atoms with Crippen molar-refractivity contribution in [2.45, 2.75) is 32.3 Å². The largest absolute Gasteiger partial charge is 0.390 e. The van der Waals surface area contributed by atoms with E-state index in [0.717, 1.165) is 15.6 Å². The number of aromatic amines is 1. The van der Waals surface area contributed by atoms with Gasteiger partial charge in [0.25, 0.3) is 10.0 Å². The zero-order valence-electron chi connectivity index (χ0n) is 11.9. The van der Waals surface area contributed by atoms with E-state index < -0.39 is 16.6 Å². The number of hydrogen-bond donors (Lipinski definition) is 3. The number of hydrogen-bond acceptors (Lipinski definition) is 4. The number of halogens is 1. The van der Waals surface area contributed by atoms with E-state index in [1.54, 1.807) is 6.92 Å². The number of aryl methyl sites for hydroxylation is 3. The molecule has 0 atom stereocenters. The molecule has 0 aliphatic rings. The average molecular weight is 374 g/mol. The summed E-state index contributed by atoms with van der Waals surface area (Å²) in [7, 11) is -3.82. The van der Waals surface area contributed by atoms with Crippen molar-refractivity contribution in [1.29, 1.82) is 0 Å². The number of nitrogens with one attached hydrogen (secondary N) is 2. The summed E-state index contributed by atoms with van der Waals surface area (Å²) in [6, 6.07) is 3.67. The topological polar surface area (TPSA) is 95.1 Å². The van der Waals surface area contributed by atoms with Crippen molar-refractivity contribution in [2.24, 2.45) is 0 Å². The molecule has 6 nitrogen and oxygen atoms in total. The molecule has 0 fully saturated rings. The lowest BCUT2D eigenvalue weighted by molar-refractivity contribution is 0.273. The lowest BCUT2D eigenvalue weighted by atomic mass is 10.1. The van der Waals surface area contributed by atoms with Crippen LogP contribution in [-0.4, -0.2) is 23.7 Å². The Labute approximate surface area is 131 Å². The molecule has 1 aromatic carbocycles. The van der Waals surface area contributed by atoms with E-state index in [2.05, 4.69) is 30.8 Å². The van der Waals surface area contributed by atoms with Gasteiger partial charge in [0.2, 0.25) is 0 Å². The second-order valence-electron chi connectivity index (χ2n) is 4.80. The normalized spacial score (nSPS) is 11.7. The maximum atomic E-state index is 12.6. The second-order valence-corrected chi connectivity index (χ2v) is 7.34. The van der Waals surface area contributed by atoms with Crippen LogP contribution in [0, 0.1) is 20.8 Å². The van der Waals surface area contributed by atoms with Crippen LogP contribution in [0.1, 0.15) is 22.5 Å². The number of aliphatic hydroxyl groups is 1. The van der Waals surface area contributed by atoms with Gasteiger partial charge in [0.05, 0.1) is 18.0 Å². The zero-order chi connectivity index (χ0) is 15.8. The molecule has 1 aromatic heterocycles. The van der Waals surface area contributed by atoms with Crippen molar-refractivity contribution in [1.82, 2.24) is 10.2 Å². The molecule has 3 N–H and O–H groups in total. The highest BCUT2D eigenvalue weighted by atomic mass is 79.9. The fraction of sp³-hybridized carbons (Fsp3) is 0.308. The molecule has 0 unspecified atom stereocenters. The van der Waals surface area contributed by atoms with Crippen molar-refractivity contribution in [2.75, 3.05) is 4.72 Å². The first-order valence-electron chi connectivity index (χ1n) is 6.20. The van der Waals surface area contributed by atoms with E-state index in [1.165, 1.54) is 0 Å². The maximum absolute atomic E-state index is 12.6. The molecule has 1 heterocycles. The zero-order valence-corrected chi connectivity index (χ0v) is 14.3. The summed E-state index contributed by atoms with van der Waals surface area (Å²) in [5.41, 5.74) is 2.63. The summed E-state index contributed by atoms with van der Waals surface area (Å²) in [4.78, 5) is -0.00767. The maximum Gasteiger partial charge on any atom is 0.265 e. The first kappa shape index (κ1) is 16.0. The summed E-state index contributed by atoms with van der Waals surface area (Å²) < 4.78 is 28.6. The van der Waals surface area contributed by atoms with Crippen molar-refractivity contribution >= 4 is 31.6 Å². The number of benzene rings is 1. The summed E-state index contributed by atoms with van der Waals surface area (Å²) >= 11 is 3.37. The number of aromatic nitrogens is 2. The first-order chi connectivity index (χ1) is 9.76. The summed E-state index contributed by atoms with van der Waals surface area (Å²) in [6.07, 6.45) is 0. The molecule has 0 aliphatic carbocycles. The lowest BCUT2D eigenvalue weighted by Gasteiger charge is -2.14. The number of anilines is 1. The van der Waals surface area contributed by atoms with Crippen molar-refractivity contribution in [3.8, 4) is 0 Å². The van der Waals surface area contributed by atoms with Crippen molar-refractivity contribution < 1.29 is 13.5 Å². The number of sulfonamides is 1. The van der Waals surface area contributed by atoms with Crippen LogP contribution in [-0.2, 0) is 16.6 Å². The highest BCUT2D eigenvalue weighted by molar-refractivity contribution is 9.10. The smallest absolute Gasteiger partial charge is 0.265 e. The molecular formula is C13H16BrN3O3S. The van der Waals surface area contributed by atoms with Gasteiger partial charge in [-0.25, -0.2) is 8.42 Å². The standard InChI is InChI=1S/C13H16BrN3O3S/c1-7-4-10(14)5-8(2)12(7)17-21(19,20)13-9(3)15-16-11(13)6-18/h4-5,17-18H,6H2,1-3H3,(H,15,16). The Kier molecular flexibility index (Phi) is 4.40. The van der Waals surface area contributed by atoms with E-state index in [4.69, 9.17) is 0 Å². The SMILES string of the molecule is Cc1cc(Br)cc(C)c1NS(=O)(=O)c1c(CO)n[nH]c1C. The van der Waals surface area contributed by atoms with Gasteiger partial charge in [0.15, 0.2) is 0 Å². The average Bonchev–Trinajstić information content (AvgIpc) is 2.76. The van der Waals surface area contributed by atoms with Crippen LogP contribution in [0.2, 0.25) is 0 Å². The van der Waals surface area contributed by atoms with Crippen LogP contribution in [0.5, 0.6) is 0 Å². The van der Waals surface area contributed by atoms with E-state index in [9.17, 15) is 13.5 Å². The predicted octanol–water partition coefficient (Wildman–Crippen LogP) is 2.39. The third-order valence-corrected chi connectivity index (χ3v) is 5.12. The highest BCUT2D eigenvalue weighted by Gasteiger charge is 2.25. The Morgan fingerprint density at radius 2 is 1.86 bits per heavy atom. The molecule has 0 bridgehead atoms. The highest BCUT2D eigenvalue weighted by Crippen LogP contribution is 2.28. The van der Waals surface area contributed by atoms with Gasteiger partial charge in [-0.1, -0.05) is 15.9 Å². The molecule has 0 saturated heterocycles. The van der Waals surface area contributed by atoms with Crippen LogP contribution >= 0.6 is 15.9 Å². The van der Waals surface area contributed by atoms with Crippen LogP contribution in [0.25, 0.3) is 0 Å². The molecule has 114 valence electrons. The molecule has 0 radical (unpaired) electrons. The van der Waals surface area contributed by atoms with Gasteiger partial charge in [0.1, 0.15) is 10.6 Å². The van der Waals surface area contributed by atoms with Crippen LogP contribution < -0.4 is 4.72 Å². The molecule has 21 heavy (non-hydrogen) atoms. The second kappa shape index (κ2) is 5.78. The van der Waals surface area contributed by atoms with E-state index in [1.807, 2.05) is 26.0 Å². The van der Waals surface area contributed by atoms with Gasteiger partial charge in [-0.05, 0) is 44.0 Å².